The van der Waals surface area contributed by atoms with E-state index < -0.39 is 17.8 Å². The third-order valence-corrected chi connectivity index (χ3v) is 3.72. The van der Waals surface area contributed by atoms with E-state index in [1.165, 1.54) is 14.0 Å². The molecule has 0 bridgehead atoms. The van der Waals surface area contributed by atoms with E-state index in [0.717, 1.165) is 0 Å². The molecular weight excluding hydrogens is 382 g/mol. The van der Waals surface area contributed by atoms with Crippen molar-refractivity contribution in [2.24, 2.45) is 0 Å². The Morgan fingerprint density at radius 2 is 1.55 bits per heavy atom. The van der Waals surface area contributed by atoms with E-state index in [0.29, 0.717) is 11.5 Å². The molecule has 9 nitrogen and oxygen atoms in total. The van der Waals surface area contributed by atoms with Crippen molar-refractivity contribution in [3.05, 3.63) is 41.2 Å². The number of ether oxygens (including phenoxy) is 4. The SMILES string of the molecule is CCOC(=O)c1c(C)oc(NC(=O)COc2ccccc2OC)c1C(=O)OCC. The first-order valence-corrected chi connectivity index (χ1v) is 8.96. The van der Waals surface area contributed by atoms with Gasteiger partial charge in [-0.05, 0) is 32.9 Å². The van der Waals surface area contributed by atoms with Gasteiger partial charge in [-0.15, -0.1) is 0 Å². The van der Waals surface area contributed by atoms with Gasteiger partial charge in [-0.3, -0.25) is 10.1 Å². The summed E-state index contributed by atoms with van der Waals surface area (Å²) in [6.45, 7) is 4.55. The molecule has 1 N–H and O–H groups in total. The van der Waals surface area contributed by atoms with Crippen molar-refractivity contribution >= 4 is 23.7 Å². The van der Waals surface area contributed by atoms with E-state index in [-0.39, 0.29) is 42.6 Å². The number of para-hydroxylation sites is 2. The molecule has 29 heavy (non-hydrogen) atoms. The zero-order chi connectivity index (χ0) is 21.4. The summed E-state index contributed by atoms with van der Waals surface area (Å²) in [6, 6.07) is 6.83. The normalized spacial score (nSPS) is 10.2. The van der Waals surface area contributed by atoms with Crippen LogP contribution in [0.4, 0.5) is 5.88 Å². The number of hydrogen-bond acceptors (Lipinski definition) is 8. The summed E-state index contributed by atoms with van der Waals surface area (Å²) < 4.78 is 26.0. The van der Waals surface area contributed by atoms with Gasteiger partial charge in [-0.1, -0.05) is 12.1 Å². The van der Waals surface area contributed by atoms with E-state index in [4.69, 9.17) is 23.4 Å². The summed E-state index contributed by atoms with van der Waals surface area (Å²) in [7, 11) is 1.48. The molecule has 2 rings (SSSR count). The molecule has 0 aliphatic heterocycles. The standard InChI is InChI=1S/C20H23NO8/c1-5-26-19(23)16-12(3)29-18(17(16)20(24)27-6-2)21-15(22)11-28-14-10-8-7-9-13(14)25-4/h7-10H,5-6,11H2,1-4H3,(H,21,22). The number of carbonyl (C=O) groups excluding carboxylic acids is 3. The van der Waals surface area contributed by atoms with Gasteiger partial charge >= 0.3 is 11.9 Å². The molecule has 0 aliphatic carbocycles. The summed E-state index contributed by atoms with van der Waals surface area (Å²) in [5.41, 5.74) is -0.292. The molecular formula is C20H23NO8. The summed E-state index contributed by atoms with van der Waals surface area (Å²) >= 11 is 0. The van der Waals surface area contributed by atoms with Gasteiger partial charge in [-0.2, -0.15) is 0 Å². The molecule has 2 aromatic rings. The highest BCUT2D eigenvalue weighted by Crippen LogP contribution is 2.29. The first-order valence-electron chi connectivity index (χ1n) is 8.96. The molecule has 0 aliphatic rings. The van der Waals surface area contributed by atoms with Crippen molar-refractivity contribution in [1.82, 2.24) is 0 Å². The third kappa shape index (κ3) is 5.28. The van der Waals surface area contributed by atoms with Crippen LogP contribution in [0.3, 0.4) is 0 Å². The highest BCUT2D eigenvalue weighted by atomic mass is 16.5. The van der Waals surface area contributed by atoms with Crippen molar-refractivity contribution in [2.45, 2.75) is 20.8 Å². The van der Waals surface area contributed by atoms with Crippen molar-refractivity contribution < 1.29 is 37.7 Å². The van der Waals surface area contributed by atoms with Gasteiger partial charge < -0.3 is 23.4 Å². The van der Waals surface area contributed by atoms with Gasteiger partial charge in [-0.25, -0.2) is 9.59 Å². The fourth-order valence-corrected chi connectivity index (χ4v) is 2.52. The maximum absolute atomic E-state index is 12.4. The zero-order valence-corrected chi connectivity index (χ0v) is 16.7. The van der Waals surface area contributed by atoms with E-state index >= 15 is 0 Å². The third-order valence-electron chi connectivity index (χ3n) is 3.72. The number of furan rings is 1. The Labute approximate surface area is 167 Å². The van der Waals surface area contributed by atoms with Gasteiger partial charge in [0.25, 0.3) is 5.91 Å². The molecule has 9 heteroatoms. The van der Waals surface area contributed by atoms with Gasteiger partial charge in [0.1, 0.15) is 16.9 Å². The molecule has 1 amide bonds. The van der Waals surface area contributed by atoms with Crippen molar-refractivity contribution in [1.29, 1.82) is 0 Å². The molecule has 0 saturated heterocycles. The number of hydrogen-bond donors (Lipinski definition) is 1. The Morgan fingerprint density at radius 1 is 0.966 bits per heavy atom. The molecule has 0 atom stereocenters. The molecule has 0 spiro atoms. The molecule has 1 aromatic heterocycles. The Balaban J connectivity index is 2.22. The van der Waals surface area contributed by atoms with Gasteiger partial charge in [0.05, 0.1) is 20.3 Å². The second-order valence-corrected chi connectivity index (χ2v) is 5.67. The first-order chi connectivity index (χ1) is 13.9. The lowest BCUT2D eigenvalue weighted by atomic mass is 10.1. The largest absolute Gasteiger partial charge is 0.493 e. The average molecular weight is 405 g/mol. The first kappa shape index (κ1) is 21.8. The van der Waals surface area contributed by atoms with E-state index in [9.17, 15) is 14.4 Å². The van der Waals surface area contributed by atoms with E-state index in [1.807, 2.05) is 0 Å². The van der Waals surface area contributed by atoms with Crippen LogP contribution in [-0.2, 0) is 14.3 Å². The predicted molar refractivity (Wildman–Crippen MR) is 102 cm³/mol. The lowest BCUT2D eigenvalue weighted by Gasteiger charge is -2.10. The van der Waals surface area contributed by atoms with Crippen LogP contribution in [0.1, 0.15) is 40.3 Å². The number of rotatable bonds is 9. The Kier molecular flexibility index (Phi) is 7.64. The lowest BCUT2D eigenvalue weighted by Crippen LogP contribution is -2.22. The monoisotopic (exact) mass is 405 g/mol. The number of aryl methyl sites for hydroxylation is 1. The topological polar surface area (TPSA) is 113 Å². The fraction of sp³-hybridized carbons (Fsp3) is 0.350. The number of benzene rings is 1. The van der Waals surface area contributed by atoms with Crippen molar-refractivity contribution in [3.63, 3.8) is 0 Å². The molecule has 0 unspecified atom stereocenters. The molecule has 156 valence electrons. The minimum atomic E-state index is -0.812. The molecule has 0 radical (unpaired) electrons. The van der Waals surface area contributed by atoms with Gasteiger partial charge in [0.2, 0.25) is 5.88 Å². The Morgan fingerprint density at radius 3 is 2.14 bits per heavy atom. The summed E-state index contributed by atoms with van der Waals surface area (Å²) in [6.07, 6.45) is 0. The van der Waals surface area contributed by atoms with Gasteiger partial charge in [0.15, 0.2) is 18.1 Å². The summed E-state index contributed by atoms with van der Waals surface area (Å²) in [5.74, 6) is -1.42. The minimum Gasteiger partial charge on any atom is -0.493 e. The number of amides is 1. The van der Waals surface area contributed by atoms with Crippen LogP contribution in [-0.4, -0.2) is 44.8 Å². The second kappa shape index (κ2) is 10.2. The Bertz CT molecular complexity index is 887. The van der Waals surface area contributed by atoms with Crippen LogP contribution in [0, 0.1) is 6.92 Å². The number of carbonyl (C=O) groups is 3. The molecule has 1 aromatic carbocycles. The second-order valence-electron chi connectivity index (χ2n) is 5.67. The molecule has 0 saturated carbocycles. The van der Waals surface area contributed by atoms with Crippen LogP contribution < -0.4 is 14.8 Å². The van der Waals surface area contributed by atoms with E-state index in [1.54, 1.807) is 38.1 Å². The summed E-state index contributed by atoms with van der Waals surface area (Å²) in [5, 5.41) is 2.44. The number of nitrogens with one attached hydrogen (secondary N) is 1. The number of methoxy groups -OCH3 is 1. The molecule has 1 heterocycles. The number of anilines is 1. The highest BCUT2D eigenvalue weighted by Gasteiger charge is 2.31. The Hall–Kier alpha value is -3.49. The number of esters is 2. The molecule has 0 fully saturated rings. The zero-order valence-electron chi connectivity index (χ0n) is 16.7. The fourth-order valence-electron chi connectivity index (χ4n) is 2.52. The quantitative estimate of drug-likeness (QED) is 0.634. The van der Waals surface area contributed by atoms with Crippen LogP contribution in [0.15, 0.2) is 28.7 Å². The van der Waals surface area contributed by atoms with Crippen LogP contribution in [0.25, 0.3) is 0 Å². The minimum absolute atomic E-state index is 0.0790. The summed E-state index contributed by atoms with van der Waals surface area (Å²) in [4.78, 5) is 36.9. The smallest absolute Gasteiger partial charge is 0.344 e. The van der Waals surface area contributed by atoms with Crippen LogP contribution in [0.5, 0.6) is 11.5 Å². The van der Waals surface area contributed by atoms with Crippen LogP contribution >= 0.6 is 0 Å². The maximum Gasteiger partial charge on any atom is 0.344 e. The van der Waals surface area contributed by atoms with Crippen molar-refractivity contribution in [2.75, 3.05) is 32.2 Å². The maximum atomic E-state index is 12.4. The van der Waals surface area contributed by atoms with Gasteiger partial charge in [0, 0.05) is 0 Å². The highest BCUT2D eigenvalue weighted by molar-refractivity contribution is 6.09. The lowest BCUT2D eigenvalue weighted by molar-refractivity contribution is -0.118. The predicted octanol–water partition coefficient (Wildman–Crippen LogP) is 2.97. The van der Waals surface area contributed by atoms with Crippen molar-refractivity contribution in [3.8, 4) is 11.5 Å². The van der Waals surface area contributed by atoms with Crippen LogP contribution in [0.2, 0.25) is 0 Å². The average Bonchev–Trinajstić information content (AvgIpc) is 3.02. The van der Waals surface area contributed by atoms with E-state index in [2.05, 4.69) is 5.32 Å².